The van der Waals surface area contributed by atoms with E-state index in [2.05, 4.69) is 17.4 Å². The third-order valence-corrected chi connectivity index (χ3v) is 5.81. The lowest BCUT2D eigenvalue weighted by molar-refractivity contribution is 0.207. The van der Waals surface area contributed by atoms with Gasteiger partial charge in [0.15, 0.2) is 11.5 Å². The second-order valence-corrected chi connectivity index (χ2v) is 7.51. The second-order valence-electron chi connectivity index (χ2n) is 6.43. The van der Waals surface area contributed by atoms with E-state index in [0.29, 0.717) is 30.3 Å². The highest BCUT2D eigenvalue weighted by molar-refractivity contribution is 7.15. The first-order chi connectivity index (χ1) is 13.7. The van der Waals surface area contributed by atoms with Crippen molar-refractivity contribution in [1.29, 1.82) is 0 Å². The molecule has 2 amide bonds. The third-order valence-electron chi connectivity index (χ3n) is 4.67. The molecule has 0 saturated carbocycles. The van der Waals surface area contributed by atoms with Crippen molar-refractivity contribution in [2.24, 2.45) is 0 Å². The zero-order chi connectivity index (χ0) is 19.5. The molecule has 0 spiro atoms. The molecule has 4 rings (SSSR count). The summed E-state index contributed by atoms with van der Waals surface area (Å²) in [6.45, 7) is 1.21. The average molecular weight is 395 g/mol. The lowest BCUT2D eigenvalue weighted by Crippen LogP contribution is -2.38. The van der Waals surface area contributed by atoms with Crippen molar-refractivity contribution >= 4 is 23.1 Å². The summed E-state index contributed by atoms with van der Waals surface area (Å²) in [5, 5.41) is 3.95. The highest BCUT2D eigenvalue weighted by Crippen LogP contribution is 2.32. The Bertz CT molecular complexity index is 988. The van der Waals surface area contributed by atoms with Crippen molar-refractivity contribution in [2.75, 3.05) is 26.1 Å². The Kier molecular flexibility index (Phi) is 5.16. The van der Waals surface area contributed by atoms with Gasteiger partial charge in [0.2, 0.25) is 0 Å². The molecule has 0 aliphatic carbocycles. The fraction of sp³-hybridized carbons (Fsp3) is 0.238. The highest BCUT2D eigenvalue weighted by Gasteiger charge is 2.24. The number of nitrogens with zero attached hydrogens (tertiary/aromatic N) is 2. The van der Waals surface area contributed by atoms with Crippen molar-refractivity contribution in [3.8, 4) is 22.1 Å². The van der Waals surface area contributed by atoms with Gasteiger partial charge >= 0.3 is 6.03 Å². The molecule has 0 saturated heterocycles. The highest BCUT2D eigenvalue weighted by atomic mass is 32.1. The monoisotopic (exact) mass is 395 g/mol. The van der Waals surface area contributed by atoms with E-state index in [-0.39, 0.29) is 6.03 Å². The van der Waals surface area contributed by atoms with Gasteiger partial charge in [-0.25, -0.2) is 9.78 Å². The average Bonchev–Trinajstić information content (AvgIpc) is 3.17. The summed E-state index contributed by atoms with van der Waals surface area (Å²) in [7, 11) is 3.16. The Labute approximate surface area is 167 Å². The molecule has 1 N–H and O–H groups in total. The second kappa shape index (κ2) is 7.90. The standard InChI is InChI=1S/C21H21N3O3S/c1-26-17-9-8-15(12-18(17)27-2)22-21(25)24-11-10-16-19(13-24)28-20(23-16)14-6-4-3-5-7-14/h3-9,12H,10-11,13H2,1-2H3,(H,22,25). The van der Waals surface area contributed by atoms with Crippen molar-refractivity contribution in [1.82, 2.24) is 9.88 Å². The number of hydrogen-bond acceptors (Lipinski definition) is 5. The minimum Gasteiger partial charge on any atom is -0.493 e. The largest absolute Gasteiger partial charge is 0.493 e. The fourth-order valence-corrected chi connectivity index (χ4v) is 4.32. The van der Waals surface area contributed by atoms with Crippen molar-refractivity contribution in [2.45, 2.75) is 13.0 Å². The van der Waals surface area contributed by atoms with Gasteiger partial charge in [-0.15, -0.1) is 11.3 Å². The van der Waals surface area contributed by atoms with Crippen LogP contribution in [0.1, 0.15) is 10.6 Å². The summed E-state index contributed by atoms with van der Waals surface area (Å²) in [5.41, 5.74) is 2.88. The van der Waals surface area contributed by atoms with Crippen LogP contribution in [0.25, 0.3) is 10.6 Å². The van der Waals surface area contributed by atoms with E-state index in [1.165, 1.54) is 0 Å². The molecule has 0 fully saturated rings. The molecule has 2 aromatic carbocycles. The number of hydrogen-bond donors (Lipinski definition) is 1. The van der Waals surface area contributed by atoms with E-state index < -0.39 is 0 Å². The predicted molar refractivity (Wildman–Crippen MR) is 110 cm³/mol. The van der Waals surface area contributed by atoms with Gasteiger partial charge in [0.05, 0.1) is 26.5 Å². The molecule has 6 nitrogen and oxygen atoms in total. The topological polar surface area (TPSA) is 63.7 Å². The van der Waals surface area contributed by atoms with Crippen molar-refractivity contribution in [3.63, 3.8) is 0 Å². The number of ether oxygens (including phenoxy) is 2. The Morgan fingerprint density at radius 1 is 1.11 bits per heavy atom. The summed E-state index contributed by atoms with van der Waals surface area (Å²) in [6, 6.07) is 15.3. The Hall–Kier alpha value is -3.06. The number of thiazole rings is 1. The van der Waals surface area contributed by atoms with Crippen LogP contribution in [-0.2, 0) is 13.0 Å². The van der Waals surface area contributed by atoms with Crippen LogP contribution in [-0.4, -0.2) is 36.7 Å². The molecule has 3 aromatic rings. The maximum absolute atomic E-state index is 12.7. The molecular weight excluding hydrogens is 374 g/mol. The van der Waals surface area contributed by atoms with Crippen LogP contribution in [0.5, 0.6) is 11.5 Å². The number of rotatable bonds is 4. The first-order valence-electron chi connectivity index (χ1n) is 9.00. The van der Waals surface area contributed by atoms with Gasteiger partial charge in [0, 0.05) is 35.2 Å². The normalized spacial score (nSPS) is 13.0. The number of benzene rings is 2. The van der Waals surface area contributed by atoms with E-state index in [0.717, 1.165) is 27.6 Å². The van der Waals surface area contributed by atoms with Crippen molar-refractivity contribution < 1.29 is 14.3 Å². The molecule has 28 heavy (non-hydrogen) atoms. The Balaban J connectivity index is 1.47. The minimum atomic E-state index is -0.132. The van der Waals surface area contributed by atoms with Gasteiger partial charge in [-0.3, -0.25) is 0 Å². The molecule has 1 aliphatic rings. The van der Waals surface area contributed by atoms with Gasteiger partial charge in [0.25, 0.3) is 0 Å². The molecule has 0 bridgehead atoms. The lowest BCUT2D eigenvalue weighted by Gasteiger charge is -2.26. The number of methoxy groups -OCH3 is 2. The molecule has 7 heteroatoms. The summed E-state index contributed by atoms with van der Waals surface area (Å²) < 4.78 is 10.5. The molecular formula is C21H21N3O3S. The SMILES string of the molecule is COc1ccc(NC(=O)N2CCc3nc(-c4ccccc4)sc3C2)cc1OC. The summed E-state index contributed by atoms with van der Waals surface area (Å²) in [5.74, 6) is 1.21. The van der Waals surface area contributed by atoms with Gasteiger partial charge in [-0.05, 0) is 12.1 Å². The van der Waals surface area contributed by atoms with E-state index in [1.807, 2.05) is 23.1 Å². The van der Waals surface area contributed by atoms with Gasteiger partial charge in [0.1, 0.15) is 5.01 Å². The minimum absolute atomic E-state index is 0.132. The number of amides is 2. The van der Waals surface area contributed by atoms with E-state index in [9.17, 15) is 4.79 Å². The van der Waals surface area contributed by atoms with Crippen LogP contribution in [0.2, 0.25) is 0 Å². The molecule has 1 aliphatic heterocycles. The summed E-state index contributed by atoms with van der Waals surface area (Å²) in [4.78, 5) is 20.5. The quantitative estimate of drug-likeness (QED) is 0.710. The zero-order valence-corrected chi connectivity index (χ0v) is 16.6. The Morgan fingerprint density at radius 3 is 2.64 bits per heavy atom. The number of anilines is 1. The molecule has 0 atom stereocenters. The summed E-state index contributed by atoms with van der Waals surface area (Å²) in [6.07, 6.45) is 0.762. The fourth-order valence-electron chi connectivity index (χ4n) is 3.19. The first-order valence-corrected chi connectivity index (χ1v) is 9.81. The van der Waals surface area contributed by atoms with E-state index in [4.69, 9.17) is 14.5 Å². The maximum Gasteiger partial charge on any atom is 0.322 e. The van der Waals surface area contributed by atoms with Crippen molar-refractivity contribution in [3.05, 3.63) is 59.1 Å². The lowest BCUT2D eigenvalue weighted by atomic mass is 10.2. The number of fused-ring (bicyclic) bond motifs is 1. The maximum atomic E-state index is 12.7. The molecule has 2 heterocycles. The molecule has 0 radical (unpaired) electrons. The predicted octanol–water partition coefficient (Wildman–Crippen LogP) is 4.42. The smallest absolute Gasteiger partial charge is 0.322 e. The zero-order valence-electron chi connectivity index (χ0n) is 15.8. The van der Waals surface area contributed by atoms with E-state index in [1.54, 1.807) is 43.8 Å². The number of aromatic nitrogens is 1. The molecule has 144 valence electrons. The number of urea groups is 1. The third kappa shape index (κ3) is 3.66. The van der Waals surface area contributed by atoms with Crippen LogP contribution >= 0.6 is 11.3 Å². The van der Waals surface area contributed by atoms with Gasteiger partial charge in [-0.1, -0.05) is 30.3 Å². The van der Waals surface area contributed by atoms with Crippen LogP contribution in [0.4, 0.5) is 10.5 Å². The first kappa shape index (κ1) is 18.3. The summed E-state index contributed by atoms with van der Waals surface area (Å²) >= 11 is 1.66. The van der Waals surface area contributed by atoms with Crippen LogP contribution < -0.4 is 14.8 Å². The van der Waals surface area contributed by atoms with Gasteiger partial charge < -0.3 is 19.7 Å². The number of carbonyl (C=O) groups excluding carboxylic acids is 1. The van der Waals surface area contributed by atoms with Crippen LogP contribution in [0.15, 0.2) is 48.5 Å². The number of carbonyl (C=O) groups is 1. The van der Waals surface area contributed by atoms with Crippen LogP contribution in [0, 0.1) is 0 Å². The molecule has 0 unspecified atom stereocenters. The van der Waals surface area contributed by atoms with E-state index >= 15 is 0 Å². The molecule has 1 aromatic heterocycles. The van der Waals surface area contributed by atoms with Crippen LogP contribution in [0.3, 0.4) is 0 Å². The number of nitrogens with one attached hydrogen (secondary N) is 1. The Morgan fingerprint density at radius 2 is 1.89 bits per heavy atom. The van der Waals surface area contributed by atoms with Gasteiger partial charge in [-0.2, -0.15) is 0 Å².